The van der Waals surface area contributed by atoms with Crippen molar-refractivity contribution in [3.8, 4) is 0 Å². The van der Waals surface area contributed by atoms with Gasteiger partial charge in [0.25, 0.3) is 0 Å². The van der Waals surface area contributed by atoms with Crippen molar-refractivity contribution in [3.05, 3.63) is 0 Å². The van der Waals surface area contributed by atoms with Gasteiger partial charge in [0.1, 0.15) is 0 Å². The van der Waals surface area contributed by atoms with Crippen LogP contribution in [0.2, 0.25) is 0 Å². The second-order valence-electron chi connectivity index (χ2n) is 10.9. The van der Waals surface area contributed by atoms with E-state index in [0.717, 1.165) is 12.8 Å². The highest BCUT2D eigenvalue weighted by molar-refractivity contribution is 7.99. The Bertz CT molecular complexity index is 733. The summed E-state index contributed by atoms with van der Waals surface area (Å²) in [6.45, 7) is 8.14. The number of ether oxygens (including phenoxy) is 4. The Hall–Kier alpha value is -0.760. The second kappa shape index (κ2) is 28.7. The summed E-state index contributed by atoms with van der Waals surface area (Å²) >= 11 is 1.51. The molecule has 0 fully saturated rings. The fourth-order valence-electron chi connectivity index (χ4n) is 4.02. The van der Waals surface area contributed by atoms with E-state index >= 15 is 0 Å². The number of nitrogens with one attached hydrogen (secondary N) is 2. The summed E-state index contributed by atoms with van der Waals surface area (Å²) in [4.78, 5) is 41.5. The van der Waals surface area contributed by atoms with Crippen LogP contribution in [0, 0.1) is 0 Å². The molecule has 0 aromatic rings. The van der Waals surface area contributed by atoms with Crippen molar-refractivity contribution in [1.29, 1.82) is 0 Å². The lowest BCUT2D eigenvalue weighted by Crippen LogP contribution is -2.47. The Balaban J connectivity index is 3.89. The summed E-state index contributed by atoms with van der Waals surface area (Å²) < 4.78 is 32.5. The number of hydrogen-bond acceptors (Lipinski definition) is 9. The molecule has 3 atom stereocenters. The third-order valence-corrected chi connectivity index (χ3v) is 8.35. The van der Waals surface area contributed by atoms with Crippen molar-refractivity contribution >= 4 is 31.2 Å². The van der Waals surface area contributed by atoms with Gasteiger partial charge in [-0.3, -0.25) is 14.2 Å². The first-order chi connectivity index (χ1) is 20.5. The summed E-state index contributed by atoms with van der Waals surface area (Å²) in [7, 11) is -4.03. The first-order valence-electron chi connectivity index (χ1n) is 15.8. The zero-order valence-corrected chi connectivity index (χ0v) is 28.5. The Kier molecular flexibility index (Phi) is 28.2. The van der Waals surface area contributed by atoms with Crippen LogP contribution in [0.25, 0.3) is 0 Å². The number of rotatable bonds is 31. The minimum Gasteiger partial charge on any atom is -0.379 e. The lowest BCUT2D eigenvalue weighted by atomic mass is 10.1. The van der Waals surface area contributed by atoms with Crippen LogP contribution in [-0.2, 0) is 33.1 Å². The molecule has 12 nitrogen and oxygen atoms in total. The van der Waals surface area contributed by atoms with Crippen molar-refractivity contribution in [1.82, 2.24) is 10.6 Å². The van der Waals surface area contributed by atoms with Crippen LogP contribution in [0.1, 0.15) is 85.0 Å². The van der Waals surface area contributed by atoms with E-state index in [1.807, 2.05) is 6.92 Å². The van der Waals surface area contributed by atoms with E-state index in [9.17, 15) is 14.2 Å². The summed E-state index contributed by atoms with van der Waals surface area (Å²) in [5.74, 6) is 0.644. The molecule has 0 rings (SSSR count). The van der Waals surface area contributed by atoms with Gasteiger partial charge in [-0.1, -0.05) is 64.7 Å². The smallest absolute Gasteiger partial charge is 0.327 e. The number of hydrogen-bond donors (Lipinski definition) is 5. The predicted octanol–water partition coefficient (Wildman–Crippen LogP) is 3.22. The van der Waals surface area contributed by atoms with Gasteiger partial charge >= 0.3 is 7.60 Å². The number of carbonyl (C=O) groups is 2. The maximum atomic E-state index is 12.4. The minimum absolute atomic E-state index is 0.0221. The van der Waals surface area contributed by atoms with Crippen molar-refractivity contribution in [2.24, 2.45) is 5.73 Å². The SMILES string of the molecule is CCCCCCCCCCCCOC[C@H](CSC[C@H](N)C(=O)N[C@@H](C)COCCOCCOCCP(=O)(O)O)NC(C)=O. The largest absolute Gasteiger partial charge is 0.379 e. The maximum absolute atomic E-state index is 12.4. The standard InChI is InChI=1S/C29H60N3O9PS/c1-4-5-6-7-8-9-10-11-12-13-14-40-22-27(32-26(3)33)23-43-24-28(30)29(34)31-25(2)21-41-18-17-38-15-16-39-19-20-42(35,36)37/h25,27-28H,4-24,30H2,1-3H3,(H,31,34)(H,32,33)(H2,35,36,37)/t25-,27+,28-/m0/s1. The zero-order chi connectivity index (χ0) is 32.2. The lowest BCUT2D eigenvalue weighted by Gasteiger charge is -2.20. The third kappa shape index (κ3) is 31.0. The molecule has 0 spiro atoms. The van der Waals surface area contributed by atoms with Crippen LogP contribution in [-0.4, -0.2) is 110 Å². The quantitative estimate of drug-likeness (QED) is 0.0546. The summed E-state index contributed by atoms with van der Waals surface area (Å²) in [5.41, 5.74) is 6.07. The third-order valence-electron chi connectivity index (χ3n) is 6.35. The molecule has 6 N–H and O–H groups in total. The molecule has 0 heterocycles. The van der Waals surface area contributed by atoms with Crippen LogP contribution >= 0.6 is 19.4 Å². The molecule has 2 amide bonds. The molecule has 0 aliphatic rings. The average molecular weight is 658 g/mol. The summed E-state index contributed by atoms with van der Waals surface area (Å²) in [5, 5.41) is 5.77. The Morgan fingerprint density at radius 1 is 0.767 bits per heavy atom. The molecule has 0 aromatic carbocycles. The van der Waals surface area contributed by atoms with Crippen molar-refractivity contribution in [2.75, 3.05) is 70.5 Å². The van der Waals surface area contributed by atoms with Crippen LogP contribution < -0.4 is 16.4 Å². The van der Waals surface area contributed by atoms with Crippen molar-refractivity contribution in [2.45, 2.75) is 103 Å². The molecule has 0 aromatic heterocycles. The first kappa shape index (κ1) is 42.2. The highest BCUT2D eigenvalue weighted by atomic mass is 32.2. The molecular formula is C29H60N3O9PS. The van der Waals surface area contributed by atoms with Crippen molar-refractivity contribution < 1.29 is 42.9 Å². The normalized spacial score (nSPS) is 13.9. The molecule has 256 valence electrons. The molecule has 43 heavy (non-hydrogen) atoms. The van der Waals surface area contributed by atoms with E-state index in [-0.39, 0.29) is 49.9 Å². The van der Waals surface area contributed by atoms with E-state index in [2.05, 4.69) is 17.6 Å². The second-order valence-corrected chi connectivity index (χ2v) is 13.7. The van der Waals surface area contributed by atoms with E-state index in [0.29, 0.717) is 44.5 Å². The van der Waals surface area contributed by atoms with Crippen LogP contribution in [0.3, 0.4) is 0 Å². The molecule has 14 heteroatoms. The molecule has 0 radical (unpaired) electrons. The molecular weight excluding hydrogens is 597 g/mol. The maximum Gasteiger partial charge on any atom is 0.327 e. The van der Waals surface area contributed by atoms with Gasteiger partial charge in [0.15, 0.2) is 0 Å². The monoisotopic (exact) mass is 657 g/mol. The lowest BCUT2D eigenvalue weighted by molar-refractivity contribution is -0.123. The van der Waals surface area contributed by atoms with E-state index < -0.39 is 13.6 Å². The van der Waals surface area contributed by atoms with Crippen LogP contribution in [0.5, 0.6) is 0 Å². The number of amides is 2. The predicted molar refractivity (Wildman–Crippen MR) is 173 cm³/mol. The van der Waals surface area contributed by atoms with Gasteiger partial charge in [0.2, 0.25) is 11.8 Å². The number of nitrogens with two attached hydrogens (primary N) is 1. The Morgan fingerprint density at radius 2 is 1.30 bits per heavy atom. The van der Waals surface area contributed by atoms with Gasteiger partial charge in [-0.2, -0.15) is 11.8 Å². The number of carbonyl (C=O) groups excluding carboxylic acids is 2. The first-order valence-corrected chi connectivity index (χ1v) is 18.8. The minimum atomic E-state index is -4.03. The molecule has 0 aliphatic heterocycles. The zero-order valence-electron chi connectivity index (χ0n) is 26.8. The molecule has 0 saturated carbocycles. The topological polar surface area (TPSA) is 179 Å². The van der Waals surface area contributed by atoms with Gasteiger partial charge in [-0.05, 0) is 13.3 Å². The van der Waals surface area contributed by atoms with Gasteiger partial charge in [0, 0.05) is 31.1 Å². The molecule has 0 aliphatic carbocycles. The molecule has 0 saturated heterocycles. The van der Waals surface area contributed by atoms with E-state index in [1.54, 1.807) is 0 Å². The molecule has 0 bridgehead atoms. The summed E-state index contributed by atoms with van der Waals surface area (Å²) in [6.07, 6.45) is 12.4. The highest BCUT2D eigenvalue weighted by Crippen LogP contribution is 2.33. The summed E-state index contributed by atoms with van der Waals surface area (Å²) in [6, 6.07) is -1.06. The average Bonchev–Trinajstić information content (AvgIpc) is 2.93. The van der Waals surface area contributed by atoms with E-state index in [1.165, 1.54) is 70.1 Å². The Morgan fingerprint density at radius 3 is 1.88 bits per heavy atom. The van der Waals surface area contributed by atoms with Gasteiger partial charge in [0.05, 0.1) is 64.5 Å². The van der Waals surface area contributed by atoms with Gasteiger partial charge < -0.3 is 45.1 Å². The Labute approximate surface area is 263 Å². The van der Waals surface area contributed by atoms with Gasteiger partial charge in [-0.15, -0.1) is 0 Å². The van der Waals surface area contributed by atoms with Crippen LogP contribution in [0.15, 0.2) is 0 Å². The highest BCUT2D eigenvalue weighted by Gasteiger charge is 2.18. The van der Waals surface area contributed by atoms with E-state index in [4.69, 9.17) is 34.5 Å². The van der Waals surface area contributed by atoms with Gasteiger partial charge in [-0.25, -0.2) is 0 Å². The molecule has 0 unspecified atom stereocenters. The fourth-order valence-corrected chi connectivity index (χ4v) is 5.40. The van der Waals surface area contributed by atoms with Crippen molar-refractivity contribution in [3.63, 3.8) is 0 Å². The number of thioether (sulfide) groups is 1. The van der Waals surface area contributed by atoms with Crippen LogP contribution in [0.4, 0.5) is 0 Å². The fraction of sp³-hybridized carbons (Fsp3) is 0.931. The number of unbranched alkanes of at least 4 members (excludes halogenated alkanes) is 9.